The number of aromatic nitrogens is 1. The van der Waals surface area contributed by atoms with Crippen LogP contribution in [0.2, 0.25) is 0 Å². The van der Waals surface area contributed by atoms with E-state index in [0.29, 0.717) is 0 Å². The van der Waals surface area contributed by atoms with E-state index in [1.807, 2.05) is 12.1 Å². The Morgan fingerprint density at radius 2 is 2.50 bits per heavy atom. The van der Waals surface area contributed by atoms with Crippen LogP contribution in [0.5, 0.6) is 0 Å². The number of pyridine rings is 1. The second-order valence-corrected chi connectivity index (χ2v) is 2.09. The molecule has 0 saturated carbocycles. The predicted molar refractivity (Wildman–Crippen MR) is 35.5 cm³/mol. The average Bonchev–Trinajstić information content (AvgIpc) is 1.90. The molecule has 0 aliphatic rings. The molecule has 0 bridgehead atoms. The van der Waals surface area contributed by atoms with Gasteiger partial charge in [0.05, 0.1) is 0 Å². The number of thioether (sulfide) groups is 1. The second kappa shape index (κ2) is 2.72. The van der Waals surface area contributed by atoms with Gasteiger partial charge in [-0.25, -0.2) is 0 Å². The first kappa shape index (κ1) is 5.63. The lowest BCUT2D eigenvalue weighted by Crippen LogP contribution is -1.68. The minimum Gasteiger partial charge on any atom is -0.264 e. The molecule has 1 heterocycles. The van der Waals surface area contributed by atoms with Crippen molar-refractivity contribution in [1.29, 1.82) is 0 Å². The highest BCUT2D eigenvalue weighted by Gasteiger charge is 1.81. The van der Waals surface area contributed by atoms with Gasteiger partial charge in [-0.3, -0.25) is 4.98 Å². The van der Waals surface area contributed by atoms with Crippen molar-refractivity contribution in [3.63, 3.8) is 0 Å². The Morgan fingerprint density at radius 3 is 2.88 bits per heavy atom. The summed E-state index contributed by atoms with van der Waals surface area (Å²) in [5, 5.41) is 0. The van der Waals surface area contributed by atoms with Crippen molar-refractivity contribution >= 4 is 11.8 Å². The van der Waals surface area contributed by atoms with Gasteiger partial charge < -0.3 is 0 Å². The van der Waals surface area contributed by atoms with Gasteiger partial charge in [-0.2, -0.15) is 0 Å². The van der Waals surface area contributed by atoms with Crippen molar-refractivity contribution in [1.82, 2.24) is 4.98 Å². The molecule has 0 unspecified atom stereocenters. The van der Waals surface area contributed by atoms with Crippen LogP contribution in [0.1, 0.15) is 0 Å². The van der Waals surface area contributed by atoms with Gasteiger partial charge in [0.2, 0.25) is 0 Å². The van der Waals surface area contributed by atoms with Crippen LogP contribution in [0.3, 0.4) is 0 Å². The van der Waals surface area contributed by atoms with Crippen molar-refractivity contribution in [3.8, 4) is 0 Å². The van der Waals surface area contributed by atoms with E-state index in [9.17, 15) is 0 Å². The fourth-order valence-corrected chi connectivity index (χ4v) is 0.743. The molecular formula is C6H6NS. The van der Waals surface area contributed by atoms with Crippen LogP contribution in [-0.4, -0.2) is 4.98 Å². The number of hydrogen-bond acceptors (Lipinski definition) is 2. The number of hydrogen-bond donors (Lipinski definition) is 0. The van der Waals surface area contributed by atoms with Crippen LogP contribution >= 0.6 is 11.8 Å². The summed E-state index contributed by atoms with van der Waals surface area (Å²) in [6.07, 6.45) is 7.17. The van der Waals surface area contributed by atoms with E-state index < -0.39 is 0 Å². The molecule has 1 nitrogen and oxygen atoms in total. The molecule has 0 N–H and O–H groups in total. The maximum absolute atomic E-state index is 3.89. The number of nitrogens with zero attached hydrogens (tertiary/aromatic N) is 1. The highest BCUT2D eigenvalue weighted by atomic mass is 32.2. The summed E-state index contributed by atoms with van der Waals surface area (Å²) in [4.78, 5) is 5.00. The van der Waals surface area contributed by atoms with E-state index in [4.69, 9.17) is 0 Å². The molecule has 0 aliphatic heterocycles. The maximum atomic E-state index is 3.89. The number of rotatable bonds is 1. The largest absolute Gasteiger partial charge is 0.264 e. The van der Waals surface area contributed by atoms with E-state index in [1.54, 1.807) is 12.4 Å². The van der Waals surface area contributed by atoms with Crippen molar-refractivity contribution < 1.29 is 0 Å². The lowest BCUT2D eigenvalue weighted by atomic mass is 10.5. The van der Waals surface area contributed by atoms with Crippen LogP contribution in [0.15, 0.2) is 29.4 Å². The molecule has 0 amide bonds. The third kappa shape index (κ3) is 1.23. The Hall–Kier alpha value is -0.500. The summed E-state index contributed by atoms with van der Waals surface area (Å²) in [7, 11) is 0. The van der Waals surface area contributed by atoms with Gasteiger partial charge >= 0.3 is 0 Å². The Morgan fingerprint density at radius 1 is 1.62 bits per heavy atom. The lowest BCUT2D eigenvalue weighted by Gasteiger charge is -1.88. The molecule has 1 aromatic heterocycles. The van der Waals surface area contributed by atoms with Crippen LogP contribution in [0.25, 0.3) is 0 Å². The van der Waals surface area contributed by atoms with Crippen LogP contribution < -0.4 is 0 Å². The summed E-state index contributed by atoms with van der Waals surface area (Å²) in [5.74, 6) is 0. The smallest absolute Gasteiger partial charge is 0.0403 e. The van der Waals surface area contributed by atoms with E-state index >= 15 is 0 Å². The highest BCUT2D eigenvalue weighted by molar-refractivity contribution is 8.00. The molecule has 1 aromatic rings. The summed E-state index contributed by atoms with van der Waals surface area (Å²) < 4.78 is 0. The highest BCUT2D eigenvalue weighted by Crippen LogP contribution is 2.11. The molecule has 0 atom stereocenters. The normalized spacial score (nSPS) is 9.12. The molecule has 0 aromatic carbocycles. The first-order valence-corrected chi connectivity index (χ1v) is 3.24. The summed E-state index contributed by atoms with van der Waals surface area (Å²) in [6, 6.07) is 3.87. The Kier molecular flexibility index (Phi) is 1.92. The zero-order valence-corrected chi connectivity index (χ0v) is 5.19. The van der Waals surface area contributed by atoms with Gasteiger partial charge in [-0.15, -0.1) is 11.8 Å². The summed E-state index contributed by atoms with van der Waals surface area (Å²) >= 11 is 1.46. The van der Waals surface area contributed by atoms with Gasteiger partial charge in [0.15, 0.2) is 0 Å². The monoisotopic (exact) mass is 124 g/mol. The molecule has 41 valence electrons. The quantitative estimate of drug-likeness (QED) is 0.531. The zero-order valence-electron chi connectivity index (χ0n) is 4.37. The van der Waals surface area contributed by atoms with Crippen molar-refractivity contribution in [2.75, 3.05) is 0 Å². The molecule has 0 spiro atoms. The molecule has 1 rings (SSSR count). The first-order chi connectivity index (χ1) is 3.93. The Balaban J connectivity index is 2.83. The summed E-state index contributed by atoms with van der Waals surface area (Å²) in [5.41, 5.74) is 0. The molecule has 1 radical (unpaired) electrons. The van der Waals surface area contributed by atoms with Gasteiger partial charge in [-0.05, 0) is 12.1 Å². The van der Waals surface area contributed by atoms with E-state index in [1.165, 1.54) is 11.8 Å². The summed E-state index contributed by atoms with van der Waals surface area (Å²) in [6.45, 7) is 0. The first-order valence-electron chi connectivity index (χ1n) is 2.25. The third-order valence-corrected chi connectivity index (χ3v) is 1.38. The van der Waals surface area contributed by atoms with E-state index in [0.717, 1.165) is 4.90 Å². The molecule has 0 aliphatic carbocycles. The molecular weight excluding hydrogens is 118 g/mol. The zero-order chi connectivity index (χ0) is 5.82. The SMILES string of the molecule is [CH2]Sc1cccnc1. The van der Waals surface area contributed by atoms with Crippen molar-refractivity contribution in [2.45, 2.75) is 4.90 Å². The second-order valence-electron chi connectivity index (χ2n) is 1.33. The van der Waals surface area contributed by atoms with E-state index in [-0.39, 0.29) is 0 Å². The molecule has 8 heavy (non-hydrogen) atoms. The Labute approximate surface area is 53.1 Å². The standard InChI is InChI=1S/C6H6NS/c1-8-6-3-2-4-7-5-6/h2-5H,1H2. The maximum Gasteiger partial charge on any atom is 0.0403 e. The topological polar surface area (TPSA) is 12.9 Å². The Bertz CT molecular complexity index is 150. The molecule has 0 saturated heterocycles. The van der Waals surface area contributed by atoms with Crippen molar-refractivity contribution in [3.05, 3.63) is 30.8 Å². The predicted octanol–water partition coefficient (Wildman–Crippen LogP) is 1.97. The van der Waals surface area contributed by atoms with Gasteiger partial charge in [0.25, 0.3) is 0 Å². The fourth-order valence-electron chi connectivity index (χ4n) is 0.432. The van der Waals surface area contributed by atoms with Gasteiger partial charge in [0, 0.05) is 23.5 Å². The van der Waals surface area contributed by atoms with Crippen LogP contribution in [0.4, 0.5) is 0 Å². The van der Waals surface area contributed by atoms with Gasteiger partial charge in [0.1, 0.15) is 0 Å². The third-order valence-electron chi connectivity index (χ3n) is 0.801. The molecule has 2 heteroatoms. The van der Waals surface area contributed by atoms with Crippen molar-refractivity contribution in [2.24, 2.45) is 0 Å². The molecule has 0 fully saturated rings. The minimum atomic E-state index is 1.10. The van der Waals surface area contributed by atoms with Gasteiger partial charge in [-0.1, -0.05) is 0 Å². The lowest BCUT2D eigenvalue weighted by molar-refractivity contribution is 1.24. The fraction of sp³-hybridized carbons (Fsp3) is 0. The van der Waals surface area contributed by atoms with E-state index in [2.05, 4.69) is 11.2 Å². The minimum absolute atomic E-state index is 1.10. The van der Waals surface area contributed by atoms with Crippen LogP contribution in [-0.2, 0) is 0 Å². The average molecular weight is 124 g/mol. The van der Waals surface area contributed by atoms with Crippen LogP contribution in [0, 0.1) is 6.26 Å².